The Bertz CT molecular complexity index is 450. The van der Waals surface area contributed by atoms with Gasteiger partial charge in [0.15, 0.2) is 10.6 Å². The van der Waals surface area contributed by atoms with Crippen LogP contribution >= 0.6 is 12.2 Å². The summed E-state index contributed by atoms with van der Waals surface area (Å²) in [4.78, 5) is 10.9. The van der Waals surface area contributed by atoms with Crippen LogP contribution in [0.3, 0.4) is 0 Å². The van der Waals surface area contributed by atoms with Gasteiger partial charge >= 0.3 is 0 Å². The van der Waals surface area contributed by atoms with E-state index in [0.717, 1.165) is 5.56 Å². The van der Waals surface area contributed by atoms with Crippen molar-refractivity contribution in [3.8, 4) is 11.4 Å². The molecule has 0 saturated carbocycles. The van der Waals surface area contributed by atoms with Gasteiger partial charge in [-0.3, -0.25) is 0 Å². The number of rotatable bonds is 1. The van der Waals surface area contributed by atoms with Crippen LogP contribution in [0.5, 0.6) is 0 Å². The molecule has 3 nitrogen and oxygen atoms in total. The highest BCUT2D eigenvalue weighted by atomic mass is 32.1. The molecule has 0 aliphatic heterocycles. The zero-order valence-electron chi connectivity index (χ0n) is 6.77. The third-order valence-corrected chi connectivity index (χ3v) is 1.82. The Labute approximate surface area is 80.5 Å². The Morgan fingerprint density at radius 3 is 2.62 bits per heavy atom. The molecule has 0 unspecified atom stereocenters. The quantitative estimate of drug-likeness (QED) is 0.699. The number of hydrogen-bond acceptors (Lipinski definition) is 3. The molecule has 0 radical (unpaired) electrons. The lowest BCUT2D eigenvalue weighted by Gasteiger charge is -1.96. The smallest absolute Gasteiger partial charge is 0.200 e. The standard InChI is InChI=1S/C9H7N3S/c13-9-11-6-10-8(12-9)7-4-2-1-3-5-7/h1-6H,(H,10,11,12,13). The van der Waals surface area contributed by atoms with Gasteiger partial charge in [-0.25, -0.2) is 4.98 Å². The molecule has 1 aromatic carbocycles. The lowest BCUT2D eigenvalue weighted by atomic mass is 10.2. The zero-order valence-corrected chi connectivity index (χ0v) is 7.58. The molecule has 0 saturated heterocycles. The fourth-order valence-electron chi connectivity index (χ4n) is 1.03. The second kappa shape index (κ2) is 3.45. The summed E-state index contributed by atoms with van der Waals surface area (Å²) in [5, 5.41) is 0. The van der Waals surface area contributed by atoms with E-state index in [4.69, 9.17) is 12.2 Å². The number of aromatic amines is 1. The molecule has 13 heavy (non-hydrogen) atoms. The lowest BCUT2D eigenvalue weighted by molar-refractivity contribution is 1.03. The minimum atomic E-state index is 0.453. The molecule has 4 heteroatoms. The second-order valence-corrected chi connectivity index (χ2v) is 2.90. The number of H-pyrrole nitrogens is 1. The molecule has 1 heterocycles. The Kier molecular flexibility index (Phi) is 2.14. The van der Waals surface area contributed by atoms with Gasteiger partial charge in [0.1, 0.15) is 0 Å². The highest BCUT2D eigenvalue weighted by Gasteiger charge is 1.97. The Morgan fingerprint density at radius 1 is 1.15 bits per heavy atom. The number of benzene rings is 1. The van der Waals surface area contributed by atoms with E-state index in [1.165, 1.54) is 0 Å². The van der Waals surface area contributed by atoms with E-state index in [-0.39, 0.29) is 0 Å². The first-order valence-electron chi connectivity index (χ1n) is 3.83. The SMILES string of the molecule is S=c1nc(-c2ccccc2)nc[nH]1. The zero-order chi connectivity index (χ0) is 9.10. The van der Waals surface area contributed by atoms with Crippen molar-refractivity contribution < 1.29 is 0 Å². The molecule has 64 valence electrons. The van der Waals surface area contributed by atoms with Crippen molar-refractivity contribution in [1.82, 2.24) is 15.0 Å². The van der Waals surface area contributed by atoms with Crippen molar-refractivity contribution in [1.29, 1.82) is 0 Å². The Hall–Kier alpha value is -1.55. The summed E-state index contributed by atoms with van der Waals surface area (Å²) in [7, 11) is 0. The van der Waals surface area contributed by atoms with Crippen LogP contribution in [-0.2, 0) is 0 Å². The largest absolute Gasteiger partial charge is 0.322 e. The van der Waals surface area contributed by atoms with Gasteiger partial charge in [-0.2, -0.15) is 4.98 Å². The molecule has 0 bridgehead atoms. The minimum Gasteiger partial charge on any atom is -0.322 e. The fourth-order valence-corrected chi connectivity index (χ4v) is 1.17. The lowest BCUT2D eigenvalue weighted by Crippen LogP contribution is -1.90. The third kappa shape index (κ3) is 1.78. The average Bonchev–Trinajstić information content (AvgIpc) is 2.19. The molecular weight excluding hydrogens is 182 g/mol. The minimum absolute atomic E-state index is 0.453. The topological polar surface area (TPSA) is 41.6 Å². The second-order valence-electron chi connectivity index (χ2n) is 2.51. The van der Waals surface area contributed by atoms with E-state index in [9.17, 15) is 0 Å². The first kappa shape index (κ1) is 8.07. The predicted octanol–water partition coefficient (Wildman–Crippen LogP) is 2.20. The highest BCUT2D eigenvalue weighted by molar-refractivity contribution is 7.71. The van der Waals surface area contributed by atoms with Gasteiger partial charge in [-0.1, -0.05) is 30.3 Å². The first-order valence-corrected chi connectivity index (χ1v) is 4.24. The molecule has 2 rings (SSSR count). The number of hydrogen-bond donors (Lipinski definition) is 1. The van der Waals surface area contributed by atoms with Gasteiger partial charge in [-0.15, -0.1) is 0 Å². The number of aromatic nitrogens is 3. The van der Waals surface area contributed by atoms with E-state index < -0.39 is 0 Å². The molecular formula is C9H7N3S. The van der Waals surface area contributed by atoms with Crippen molar-refractivity contribution in [2.75, 3.05) is 0 Å². The number of nitrogens with one attached hydrogen (secondary N) is 1. The summed E-state index contributed by atoms with van der Waals surface area (Å²) >= 11 is 4.89. The predicted molar refractivity (Wildman–Crippen MR) is 52.7 cm³/mol. The van der Waals surface area contributed by atoms with Crippen molar-refractivity contribution in [3.05, 3.63) is 41.4 Å². The van der Waals surface area contributed by atoms with Crippen LogP contribution in [0.2, 0.25) is 0 Å². The van der Waals surface area contributed by atoms with Crippen LogP contribution < -0.4 is 0 Å². The van der Waals surface area contributed by atoms with Gasteiger partial charge in [0.2, 0.25) is 0 Å². The van der Waals surface area contributed by atoms with Gasteiger partial charge in [-0.05, 0) is 12.2 Å². The van der Waals surface area contributed by atoms with Crippen LogP contribution in [0.25, 0.3) is 11.4 Å². The molecule has 0 amide bonds. The van der Waals surface area contributed by atoms with Crippen molar-refractivity contribution in [3.63, 3.8) is 0 Å². The Balaban J connectivity index is 2.54. The molecule has 0 aliphatic carbocycles. The Morgan fingerprint density at radius 2 is 1.92 bits per heavy atom. The van der Waals surface area contributed by atoms with Gasteiger partial charge in [0.25, 0.3) is 0 Å². The molecule has 0 aliphatic rings. The van der Waals surface area contributed by atoms with E-state index in [1.807, 2.05) is 30.3 Å². The molecule has 2 aromatic rings. The third-order valence-electron chi connectivity index (χ3n) is 1.61. The molecule has 0 fully saturated rings. The summed E-state index contributed by atoms with van der Waals surface area (Å²) < 4.78 is 0.453. The summed E-state index contributed by atoms with van der Waals surface area (Å²) in [5.74, 6) is 0.657. The van der Waals surface area contributed by atoms with Crippen LogP contribution in [0, 0.1) is 4.77 Å². The molecule has 1 N–H and O–H groups in total. The van der Waals surface area contributed by atoms with Crippen molar-refractivity contribution in [2.45, 2.75) is 0 Å². The van der Waals surface area contributed by atoms with Crippen LogP contribution in [0.4, 0.5) is 0 Å². The highest BCUT2D eigenvalue weighted by Crippen LogP contribution is 2.11. The number of nitrogens with zero attached hydrogens (tertiary/aromatic N) is 2. The van der Waals surface area contributed by atoms with Crippen molar-refractivity contribution in [2.24, 2.45) is 0 Å². The van der Waals surface area contributed by atoms with Crippen LogP contribution in [0.1, 0.15) is 0 Å². The normalized spacial score (nSPS) is 9.85. The summed E-state index contributed by atoms with van der Waals surface area (Å²) in [5.41, 5.74) is 0.975. The van der Waals surface area contributed by atoms with E-state index >= 15 is 0 Å². The maximum atomic E-state index is 4.89. The van der Waals surface area contributed by atoms with Crippen LogP contribution in [-0.4, -0.2) is 15.0 Å². The average molecular weight is 189 g/mol. The van der Waals surface area contributed by atoms with Crippen molar-refractivity contribution >= 4 is 12.2 Å². The monoisotopic (exact) mass is 189 g/mol. The van der Waals surface area contributed by atoms with E-state index in [0.29, 0.717) is 10.6 Å². The summed E-state index contributed by atoms with van der Waals surface area (Å²) in [6.45, 7) is 0. The first-order chi connectivity index (χ1) is 6.36. The maximum Gasteiger partial charge on any atom is 0.200 e. The van der Waals surface area contributed by atoms with E-state index in [1.54, 1.807) is 6.33 Å². The fraction of sp³-hybridized carbons (Fsp3) is 0. The molecule has 1 aromatic heterocycles. The summed E-state index contributed by atoms with van der Waals surface area (Å²) in [6, 6.07) is 9.73. The molecule has 0 atom stereocenters. The van der Waals surface area contributed by atoms with Gasteiger partial charge < -0.3 is 4.98 Å². The van der Waals surface area contributed by atoms with Crippen LogP contribution in [0.15, 0.2) is 36.7 Å². The maximum absolute atomic E-state index is 4.89. The van der Waals surface area contributed by atoms with E-state index in [2.05, 4.69) is 15.0 Å². The van der Waals surface area contributed by atoms with Gasteiger partial charge in [0.05, 0.1) is 6.33 Å². The van der Waals surface area contributed by atoms with Gasteiger partial charge in [0, 0.05) is 5.56 Å². The molecule has 0 spiro atoms. The summed E-state index contributed by atoms with van der Waals surface area (Å²) in [6.07, 6.45) is 1.55.